The second-order valence-corrected chi connectivity index (χ2v) is 6.97. The third kappa shape index (κ3) is 7.24. The number of hydrogen-bond acceptors (Lipinski definition) is 4. The Kier molecular flexibility index (Phi) is 11.4. The minimum atomic E-state index is -0.0948. The van der Waals surface area contributed by atoms with E-state index in [9.17, 15) is 4.79 Å². The lowest BCUT2D eigenvalue weighted by Gasteiger charge is -2.33. The van der Waals surface area contributed by atoms with Crippen molar-refractivity contribution in [2.24, 2.45) is 10.9 Å². The molecule has 1 saturated heterocycles. The van der Waals surface area contributed by atoms with Crippen molar-refractivity contribution in [1.82, 2.24) is 15.1 Å². The summed E-state index contributed by atoms with van der Waals surface area (Å²) < 4.78 is 4.87. The maximum atomic E-state index is 11.7. The largest absolute Gasteiger partial charge is 0.469 e. The maximum absolute atomic E-state index is 11.7. The Morgan fingerprint density at radius 2 is 1.89 bits per heavy atom. The van der Waals surface area contributed by atoms with Crippen molar-refractivity contribution in [2.45, 2.75) is 39.8 Å². The molecule has 0 radical (unpaired) electrons. The molecule has 1 aromatic carbocycles. The van der Waals surface area contributed by atoms with Gasteiger partial charge in [0.05, 0.1) is 13.0 Å². The van der Waals surface area contributed by atoms with Gasteiger partial charge in [0.1, 0.15) is 0 Å². The van der Waals surface area contributed by atoms with Crippen molar-refractivity contribution >= 4 is 35.9 Å². The molecule has 1 aromatic rings. The van der Waals surface area contributed by atoms with Crippen molar-refractivity contribution in [1.29, 1.82) is 0 Å². The van der Waals surface area contributed by atoms with E-state index in [1.54, 1.807) is 0 Å². The lowest BCUT2D eigenvalue weighted by atomic mass is 9.97. The second kappa shape index (κ2) is 13.0. The first-order chi connectivity index (χ1) is 13.1. The van der Waals surface area contributed by atoms with Crippen LogP contribution in [-0.2, 0) is 22.6 Å². The molecule has 1 aliphatic heterocycles. The van der Waals surface area contributed by atoms with Gasteiger partial charge in [0.15, 0.2) is 5.96 Å². The average Bonchev–Trinajstić information content (AvgIpc) is 2.72. The predicted octanol–water partition coefficient (Wildman–Crippen LogP) is 3.11. The van der Waals surface area contributed by atoms with Crippen LogP contribution < -0.4 is 5.32 Å². The van der Waals surface area contributed by atoms with Crippen molar-refractivity contribution < 1.29 is 9.53 Å². The van der Waals surface area contributed by atoms with Crippen LogP contribution in [0.15, 0.2) is 29.3 Å². The summed E-state index contributed by atoms with van der Waals surface area (Å²) in [7, 11) is 3.27. The predicted molar refractivity (Wildman–Crippen MR) is 125 cm³/mol. The topological polar surface area (TPSA) is 57.2 Å². The molecule has 2 rings (SSSR count). The van der Waals surface area contributed by atoms with Gasteiger partial charge in [-0.1, -0.05) is 38.1 Å². The van der Waals surface area contributed by atoms with Crippen LogP contribution in [-0.4, -0.2) is 62.1 Å². The first kappa shape index (κ1) is 24.7. The van der Waals surface area contributed by atoms with Gasteiger partial charge in [0, 0.05) is 33.2 Å². The molecule has 0 bridgehead atoms. The minimum Gasteiger partial charge on any atom is -0.469 e. The van der Waals surface area contributed by atoms with Gasteiger partial charge in [-0.25, -0.2) is 0 Å². The number of esters is 1. The van der Waals surface area contributed by atoms with E-state index >= 15 is 0 Å². The molecule has 0 aromatic heterocycles. The fourth-order valence-electron chi connectivity index (χ4n) is 3.55. The lowest BCUT2D eigenvalue weighted by molar-refractivity contribution is -0.146. The van der Waals surface area contributed by atoms with Crippen LogP contribution in [0.3, 0.4) is 0 Å². The number of ether oxygens (including phenoxy) is 1. The van der Waals surface area contributed by atoms with Crippen molar-refractivity contribution in [3.05, 3.63) is 35.4 Å². The van der Waals surface area contributed by atoms with E-state index in [4.69, 9.17) is 4.74 Å². The molecular weight excluding hydrogens is 467 g/mol. The number of aliphatic imine (C=N–C) groups is 1. The average molecular weight is 502 g/mol. The third-order valence-corrected chi connectivity index (χ3v) is 5.28. The number of nitrogens with one attached hydrogen (secondary N) is 1. The summed E-state index contributed by atoms with van der Waals surface area (Å²) in [6, 6.07) is 8.73. The van der Waals surface area contributed by atoms with E-state index in [0.717, 1.165) is 58.1 Å². The summed E-state index contributed by atoms with van der Waals surface area (Å²) in [5, 5.41) is 3.47. The number of piperidine rings is 1. The number of guanidine groups is 1. The number of nitrogens with zero attached hydrogens (tertiary/aromatic N) is 3. The monoisotopic (exact) mass is 502 g/mol. The zero-order valence-electron chi connectivity index (χ0n) is 17.6. The first-order valence-electron chi connectivity index (χ1n) is 9.94. The summed E-state index contributed by atoms with van der Waals surface area (Å²) in [6.07, 6.45) is 1.62. The van der Waals surface area contributed by atoms with Gasteiger partial charge in [0.2, 0.25) is 0 Å². The maximum Gasteiger partial charge on any atom is 0.308 e. The number of halogens is 1. The number of rotatable bonds is 7. The van der Waals surface area contributed by atoms with Gasteiger partial charge in [-0.15, -0.1) is 24.0 Å². The highest BCUT2D eigenvalue weighted by molar-refractivity contribution is 14.0. The van der Waals surface area contributed by atoms with Crippen molar-refractivity contribution in [3.63, 3.8) is 0 Å². The molecule has 1 fully saturated rings. The molecule has 0 aliphatic carbocycles. The molecule has 0 amide bonds. The van der Waals surface area contributed by atoms with E-state index in [-0.39, 0.29) is 35.9 Å². The first-order valence-corrected chi connectivity index (χ1v) is 9.94. The highest BCUT2D eigenvalue weighted by atomic mass is 127. The molecule has 0 unspecified atom stereocenters. The number of hydrogen-bond donors (Lipinski definition) is 1. The summed E-state index contributed by atoms with van der Waals surface area (Å²) in [6.45, 7) is 9.89. The SMILES string of the molecule is CCN(CC)Cc1cccc(CNC(=NC)N2CCC(C(=O)OC)CC2)c1.I. The normalized spacial score (nSPS) is 15.3. The second-order valence-electron chi connectivity index (χ2n) is 6.97. The molecule has 7 heteroatoms. The van der Waals surface area contributed by atoms with Gasteiger partial charge in [0.25, 0.3) is 0 Å². The number of benzene rings is 1. The minimum absolute atomic E-state index is 0. The molecule has 1 aliphatic rings. The highest BCUT2D eigenvalue weighted by Gasteiger charge is 2.26. The number of carbonyl (C=O) groups is 1. The Morgan fingerprint density at radius 3 is 2.46 bits per heavy atom. The summed E-state index contributed by atoms with van der Waals surface area (Å²) in [4.78, 5) is 20.7. The number of carbonyl (C=O) groups excluding carboxylic acids is 1. The molecule has 1 N–H and O–H groups in total. The molecule has 158 valence electrons. The van der Waals surface area contributed by atoms with Crippen LogP contribution >= 0.6 is 24.0 Å². The van der Waals surface area contributed by atoms with Crippen LogP contribution in [0.1, 0.15) is 37.8 Å². The molecule has 0 spiro atoms. The standard InChI is InChI=1S/C21H34N4O2.HI/c1-5-24(6-2)16-18-9-7-8-17(14-18)15-23-21(22-3)25-12-10-19(11-13-25)20(26)27-4;/h7-9,14,19H,5-6,10-13,15-16H2,1-4H3,(H,22,23);1H. The van der Waals surface area contributed by atoms with Crippen molar-refractivity contribution in [2.75, 3.05) is 40.3 Å². The molecule has 0 saturated carbocycles. The van der Waals surface area contributed by atoms with Gasteiger partial charge in [-0.2, -0.15) is 0 Å². The van der Waals surface area contributed by atoms with Crippen LogP contribution in [0.25, 0.3) is 0 Å². The van der Waals surface area contributed by atoms with Gasteiger partial charge < -0.3 is 15.0 Å². The van der Waals surface area contributed by atoms with Crippen LogP contribution in [0.2, 0.25) is 0 Å². The summed E-state index contributed by atoms with van der Waals surface area (Å²) >= 11 is 0. The lowest BCUT2D eigenvalue weighted by Crippen LogP contribution is -2.46. The number of likely N-dealkylation sites (tertiary alicyclic amines) is 1. The van der Waals surface area contributed by atoms with Gasteiger partial charge in [-0.05, 0) is 37.1 Å². The molecular formula is C21H35IN4O2. The molecule has 6 nitrogen and oxygen atoms in total. The number of methoxy groups -OCH3 is 1. The Balaban J connectivity index is 0.00000392. The van der Waals surface area contributed by atoms with E-state index in [2.05, 4.69) is 58.2 Å². The van der Waals surface area contributed by atoms with Crippen LogP contribution in [0.4, 0.5) is 0 Å². The molecule has 28 heavy (non-hydrogen) atoms. The van der Waals surface area contributed by atoms with E-state index in [1.165, 1.54) is 18.2 Å². The quantitative estimate of drug-likeness (QED) is 0.269. The zero-order chi connectivity index (χ0) is 19.6. The fraction of sp³-hybridized carbons (Fsp3) is 0.619. The Morgan fingerprint density at radius 1 is 1.25 bits per heavy atom. The Hall–Kier alpha value is -1.35. The summed E-state index contributed by atoms with van der Waals surface area (Å²) in [5.74, 6) is 0.816. The highest BCUT2D eigenvalue weighted by Crippen LogP contribution is 2.18. The van der Waals surface area contributed by atoms with E-state index in [1.807, 2.05) is 7.05 Å². The zero-order valence-corrected chi connectivity index (χ0v) is 19.9. The molecule has 0 atom stereocenters. The van der Waals surface area contributed by atoms with Crippen LogP contribution in [0.5, 0.6) is 0 Å². The Labute approximate surface area is 186 Å². The fourth-order valence-corrected chi connectivity index (χ4v) is 3.55. The third-order valence-electron chi connectivity index (χ3n) is 5.28. The van der Waals surface area contributed by atoms with Gasteiger partial charge >= 0.3 is 5.97 Å². The van der Waals surface area contributed by atoms with Gasteiger partial charge in [-0.3, -0.25) is 14.7 Å². The van der Waals surface area contributed by atoms with E-state index < -0.39 is 0 Å². The molecule has 1 heterocycles. The smallest absolute Gasteiger partial charge is 0.308 e. The van der Waals surface area contributed by atoms with Crippen LogP contribution in [0, 0.1) is 5.92 Å². The van der Waals surface area contributed by atoms with Crippen molar-refractivity contribution in [3.8, 4) is 0 Å². The van der Waals surface area contributed by atoms with E-state index in [0.29, 0.717) is 0 Å². The Bertz CT molecular complexity index is 627. The summed E-state index contributed by atoms with van der Waals surface area (Å²) in [5.41, 5.74) is 2.59.